The van der Waals surface area contributed by atoms with Crippen molar-refractivity contribution in [1.29, 1.82) is 0 Å². The molecule has 0 fully saturated rings. The van der Waals surface area contributed by atoms with Crippen molar-refractivity contribution in [1.82, 2.24) is 24.9 Å². The highest BCUT2D eigenvalue weighted by atomic mass is 15.4. The lowest BCUT2D eigenvalue weighted by Crippen LogP contribution is -2.23. The SMILES string of the molecule is Cc1nn(-c2c(CNC(C)C)c(C)nn2C)c(C)c1C. The van der Waals surface area contributed by atoms with Gasteiger partial charge in [-0.25, -0.2) is 4.68 Å². The normalized spacial score (nSPS) is 11.6. The van der Waals surface area contributed by atoms with E-state index in [1.807, 2.05) is 23.3 Å². The molecule has 0 aromatic carbocycles. The number of rotatable bonds is 4. The molecule has 0 saturated heterocycles. The first-order chi connectivity index (χ1) is 9.32. The molecule has 2 heterocycles. The van der Waals surface area contributed by atoms with Crippen LogP contribution in [0.1, 0.15) is 42.1 Å². The van der Waals surface area contributed by atoms with Crippen molar-refractivity contribution in [3.05, 3.63) is 28.2 Å². The molecule has 2 rings (SSSR count). The Morgan fingerprint density at radius 3 is 2.20 bits per heavy atom. The predicted octanol–water partition coefficient (Wildman–Crippen LogP) is 2.34. The molecule has 0 atom stereocenters. The summed E-state index contributed by atoms with van der Waals surface area (Å²) in [6, 6.07) is 0.449. The van der Waals surface area contributed by atoms with Crippen molar-refractivity contribution in [2.24, 2.45) is 7.05 Å². The van der Waals surface area contributed by atoms with Crippen LogP contribution in [0.4, 0.5) is 0 Å². The van der Waals surface area contributed by atoms with E-state index < -0.39 is 0 Å². The van der Waals surface area contributed by atoms with Gasteiger partial charge in [-0.1, -0.05) is 13.8 Å². The maximum absolute atomic E-state index is 4.67. The highest BCUT2D eigenvalue weighted by Crippen LogP contribution is 2.22. The smallest absolute Gasteiger partial charge is 0.156 e. The average molecular weight is 275 g/mol. The van der Waals surface area contributed by atoms with E-state index in [2.05, 4.69) is 50.1 Å². The zero-order chi connectivity index (χ0) is 15.0. The minimum Gasteiger partial charge on any atom is -0.310 e. The van der Waals surface area contributed by atoms with Crippen LogP contribution in [0.5, 0.6) is 0 Å². The Morgan fingerprint density at radius 2 is 1.70 bits per heavy atom. The molecule has 2 aromatic heterocycles. The quantitative estimate of drug-likeness (QED) is 0.931. The van der Waals surface area contributed by atoms with Crippen molar-refractivity contribution < 1.29 is 0 Å². The minimum absolute atomic E-state index is 0.449. The Bertz CT molecular complexity index is 619. The second kappa shape index (κ2) is 5.40. The molecule has 0 aliphatic carbocycles. The maximum Gasteiger partial charge on any atom is 0.156 e. The number of hydrogen-bond acceptors (Lipinski definition) is 3. The Labute approximate surface area is 121 Å². The summed E-state index contributed by atoms with van der Waals surface area (Å²) in [7, 11) is 1.98. The summed E-state index contributed by atoms with van der Waals surface area (Å²) >= 11 is 0. The van der Waals surface area contributed by atoms with Gasteiger partial charge in [-0.2, -0.15) is 10.2 Å². The highest BCUT2D eigenvalue weighted by molar-refractivity contribution is 5.40. The van der Waals surface area contributed by atoms with Crippen molar-refractivity contribution in [3.63, 3.8) is 0 Å². The summed E-state index contributed by atoms with van der Waals surface area (Å²) in [6.45, 7) is 13.4. The molecule has 20 heavy (non-hydrogen) atoms. The van der Waals surface area contributed by atoms with Crippen LogP contribution >= 0.6 is 0 Å². The lowest BCUT2D eigenvalue weighted by atomic mass is 10.2. The van der Waals surface area contributed by atoms with Crippen LogP contribution in [0, 0.1) is 27.7 Å². The lowest BCUT2D eigenvalue weighted by molar-refractivity contribution is 0.583. The van der Waals surface area contributed by atoms with E-state index in [9.17, 15) is 0 Å². The van der Waals surface area contributed by atoms with Crippen LogP contribution in [0.3, 0.4) is 0 Å². The molecule has 1 N–H and O–H groups in total. The van der Waals surface area contributed by atoms with E-state index in [-0.39, 0.29) is 0 Å². The molecule has 5 heteroatoms. The summed E-state index contributed by atoms with van der Waals surface area (Å²) in [5.41, 5.74) is 5.76. The number of nitrogens with zero attached hydrogens (tertiary/aromatic N) is 4. The van der Waals surface area contributed by atoms with Crippen LogP contribution in [0.2, 0.25) is 0 Å². The Kier molecular flexibility index (Phi) is 3.99. The van der Waals surface area contributed by atoms with Gasteiger partial charge in [-0.05, 0) is 33.3 Å². The van der Waals surface area contributed by atoms with Gasteiger partial charge in [0.1, 0.15) is 0 Å². The van der Waals surface area contributed by atoms with Crippen LogP contribution < -0.4 is 5.32 Å². The second-order valence-corrected chi connectivity index (χ2v) is 5.75. The summed E-state index contributed by atoms with van der Waals surface area (Å²) in [5.74, 6) is 1.06. The minimum atomic E-state index is 0.449. The summed E-state index contributed by atoms with van der Waals surface area (Å²) in [5, 5.41) is 12.7. The van der Waals surface area contributed by atoms with Crippen molar-refractivity contribution in [2.75, 3.05) is 0 Å². The third-order valence-corrected chi connectivity index (χ3v) is 3.85. The molecular weight excluding hydrogens is 250 g/mol. The summed E-state index contributed by atoms with van der Waals surface area (Å²) in [6.07, 6.45) is 0. The molecule has 0 radical (unpaired) electrons. The van der Waals surface area contributed by atoms with Gasteiger partial charge >= 0.3 is 0 Å². The molecule has 0 amide bonds. The van der Waals surface area contributed by atoms with Crippen LogP contribution in [-0.2, 0) is 13.6 Å². The van der Waals surface area contributed by atoms with E-state index in [0.29, 0.717) is 6.04 Å². The Balaban J connectivity index is 2.52. The third-order valence-electron chi connectivity index (χ3n) is 3.85. The zero-order valence-electron chi connectivity index (χ0n) is 13.6. The predicted molar refractivity (Wildman–Crippen MR) is 81.3 cm³/mol. The summed E-state index contributed by atoms with van der Waals surface area (Å²) < 4.78 is 3.94. The molecule has 0 aliphatic heterocycles. The van der Waals surface area contributed by atoms with Gasteiger partial charge in [-0.15, -0.1) is 0 Å². The molecule has 5 nitrogen and oxygen atoms in total. The van der Waals surface area contributed by atoms with Crippen molar-refractivity contribution in [2.45, 2.75) is 54.1 Å². The van der Waals surface area contributed by atoms with Crippen LogP contribution in [0.15, 0.2) is 0 Å². The van der Waals surface area contributed by atoms with Gasteiger partial charge in [0.25, 0.3) is 0 Å². The van der Waals surface area contributed by atoms with Crippen LogP contribution in [0.25, 0.3) is 5.82 Å². The fourth-order valence-electron chi connectivity index (χ4n) is 2.39. The van der Waals surface area contributed by atoms with Gasteiger partial charge in [-0.3, -0.25) is 4.68 Å². The topological polar surface area (TPSA) is 47.7 Å². The second-order valence-electron chi connectivity index (χ2n) is 5.75. The number of aromatic nitrogens is 4. The average Bonchev–Trinajstić information content (AvgIpc) is 2.77. The monoisotopic (exact) mass is 275 g/mol. The first-order valence-electron chi connectivity index (χ1n) is 7.12. The Morgan fingerprint density at radius 1 is 1.05 bits per heavy atom. The van der Waals surface area contributed by atoms with E-state index in [4.69, 9.17) is 0 Å². The van der Waals surface area contributed by atoms with Gasteiger partial charge in [0.05, 0.1) is 11.4 Å². The van der Waals surface area contributed by atoms with Gasteiger partial charge in [0.2, 0.25) is 0 Å². The highest BCUT2D eigenvalue weighted by Gasteiger charge is 2.19. The fourth-order valence-corrected chi connectivity index (χ4v) is 2.39. The van der Waals surface area contributed by atoms with Crippen LogP contribution in [-0.4, -0.2) is 25.6 Å². The van der Waals surface area contributed by atoms with Gasteiger partial charge in [0, 0.05) is 30.9 Å². The fraction of sp³-hybridized carbons (Fsp3) is 0.600. The molecule has 0 unspecified atom stereocenters. The molecule has 0 bridgehead atoms. The molecule has 110 valence electrons. The molecule has 0 spiro atoms. The van der Waals surface area contributed by atoms with Crippen molar-refractivity contribution >= 4 is 0 Å². The van der Waals surface area contributed by atoms with E-state index in [1.165, 1.54) is 16.8 Å². The van der Waals surface area contributed by atoms with E-state index in [1.54, 1.807) is 0 Å². The summed E-state index contributed by atoms with van der Waals surface area (Å²) in [4.78, 5) is 0. The Hall–Kier alpha value is -1.62. The first kappa shape index (κ1) is 14.8. The third kappa shape index (κ3) is 2.50. The molecular formula is C15H25N5. The largest absolute Gasteiger partial charge is 0.310 e. The lowest BCUT2D eigenvalue weighted by Gasteiger charge is -2.11. The van der Waals surface area contributed by atoms with Gasteiger partial charge in [0.15, 0.2) is 5.82 Å². The van der Waals surface area contributed by atoms with E-state index >= 15 is 0 Å². The first-order valence-corrected chi connectivity index (χ1v) is 7.12. The number of aryl methyl sites for hydroxylation is 3. The molecule has 2 aromatic rings. The standard InChI is InChI=1S/C15H25N5/c1-9(2)16-8-14-12(5)17-19(7)15(14)20-13(6)10(3)11(4)18-20/h9,16H,8H2,1-7H3. The van der Waals surface area contributed by atoms with E-state index in [0.717, 1.165) is 23.8 Å². The zero-order valence-corrected chi connectivity index (χ0v) is 13.6. The molecule has 0 saturated carbocycles. The number of hydrogen-bond donors (Lipinski definition) is 1. The van der Waals surface area contributed by atoms with Crippen molar-refractivity contribution in [3.8, 4) is 5.82 Å². The number of nitrogens with one attached hydrogen (secondary N) is 1. The maximum atomic E-state index is 4.67. The molecule has 0 aliphatic rings. The van der Waals surface area contributed by atoms with Gasteiger partial charge < -0.3 is 5.32 Å².